The highest BCUT2D eigenvalue weighted by Crippen LogP contribution is 2.41. The van der Waals surface area contributed by atoms with E-state index in [1.165, 1.54) is 11.1 Å². The number of hydrogen-bond acceptors (Lipinski definition) is 4. The summed E-state index contributed by atoms with van der Waals surface area (Å²) in [5.74, 6) is 0.798. The Morgan fingerprint density at radius 2 is 2.04 bits per heavy atom. The highest BCUT2D eigenvalue weighted by atomic mass is 32.1. The Hall–Kier alpha value is -2.60. The summed E-state index contributed by atoms with van der Waals surface area (Å²) in [7, 11) is 0. The fraction of sp³-hybridized carbons (Fsp3) is 0.300. The number of hydrogen-bond donors (Lipinski definition) is 0. The molecule has 0 radical (unpaired) electrons. The highest BCUT2D eigenvalue weighted by Gasteiger charge is 2.38. The number of rotatable bonds is 2. The van der Waals surface area contributed by atoms with E-state index in [2.05, 4.69) is 11.4 Å². The number of pyridine rings is 1. The molecule has 2 atom stereocenters. The van der Waals surface area contributed by atoms with Gasteiger partial charge in [-0.25, -0.2) is 0 Å². The minimum atomic E-state index is -0.0610. The number of nitrogens with zero attached hydrogens (tertiary/aromatic N) is 2. The molecule has 132 valence electrons. The van der Waals surface area contributed by atoms with Gasteiger partial charge in [-0.05, 0) is 42.0 Å². The largest absolute Gasteiger partial charge is 0.459 e. The van der Waals surface area contributed by atoms with Crippen LogP contribution in [0.1, 0.15) is 28.6 Å². The maximum absolute atomic E-state index is 12.8. The molecule has 5 heterocycles. The van der Waals surface area contributed by atoms with Crippen LogP contribution in [-0.2, 0) is 6.54 Å². The number of thiophene rings is 1. The number of aromatic nitrogens is 1. The van der Waals surface area contributed by atoms with Crippen molar-refractivity contribution in [1.29, 1.82) is 0 Å². The fourth-order valence-corrected chi connectivity index (χ4v) is 5.14. The molecule has 2 unspecified atom stereocenters. The first kappa shape index (κ1) is 15.6. The monoisotopic (exact) mass is 366 g/mol. The van der Waals surface area contributed by atoms with E-state index in [-0.39, 0.29) is 17.4 Å². The normalized spacial score (nSPS) is 21.5. The second kappa shape index (κ2) is 5.99. The molecular formula is C20H18N2O3S. The summed E-state index contributed by atoms with van der Waals surface area (Å²) in [6.45, 7) is 1.97. The maximum atomic E-state index is 12.8. The van der Waals surface area contributed by atoms with Crippen LogP contribution >= 0.6 is 11.3 Å². The van der Waals surface area contributed by atoms with Crippen LogP contribution in [0.4, 0.5) is 0 Å². The molecule has 0 aliphatic carbocycles. The molecule has 0 spiro atoms. The molecule has 3 aromatic heterocycles. The first-order valence-electron chi connectivity index (χ1n) is 8.81. The molecule has 2 aliphatic heterocycles. The zero-order valence-electron chi connectivity index (χ0n) is 14.1. The summed E-state index contributed by atoms with van der Waals surface area (Å²) < 4.78 is 7.23. The zero-order chi connectivity index (χ0) is 17.7. The average Bonchev–Trinajstić information content (AvgIpc) is 3.35. The van der Waals surface area contributed by atoms with Gasteiger partial charge in [0, 0.05) is 47.8 Å². The molecular weight excluding hydrogens is 348 g/mol. The van der Waals surface area contributed by atoms with E-state index in [4.69, 9.17) is 4.42 Å². The molecule has 5 rings (SSSR count). The van der Waals surface area contributed by atoms with Crippen molar-refractivity contribution >= 4 is 17.2 Å². The minimum Gasteiger partial charge on any atom is -0.459 e. The van der Waals surface area contributed by atoms with Gasteiger partial charge in [-0.1, -0.05) is 6.07 Å². The Balaban J connectivity index is 1.56. The second-order valence-corrected chi connectivity index (χ2v) is 7.99. The van der Waals surface area contributed by atoms with Gasteiger partial charge in [-0.3, -0.25) is 9.59 Å². The molecule has 2 bridgehead atoms. The molecule has 6 heteroatoms. The van der Waals surface area contributed by atoms with Crippen LogP contribution in [0.5, 0.6) is 0 Å². The summed E-state index contributed by atoms with van der Waals surface area (Å²) in [5, 5.41) is 2.05. The molecule has 1 saturated heterocycles. The van der Waals surface area contributed by atoms with Crippen LogP contribution in [-0.4, -0.2) is 28.5 Å². The van der Waals surface area contributed by atoms with Gasteiger partial charge in [-0.2, -0.15) is 0 Å². The Morgan fingerprint density at radius 3 is 2.81 bits per heavy atom. The van der Waals surface area contributed by atoms with Crippen molar-refractivity contribution in [1.82, 2.24) is 9.47 Å². The number of carbonyl (C=O) groups excluding carboxylic acids is 1. The standard InChI is InChI=1S/C20H18N2O3S/c23-18-6-5-15(17-4-2-8-26-17)19-14-9-13(11-22(18)19)10-21(12-14)20(24)16-3-1-7-25-16/h1-8,13-14H,9-12H2. The smallest absolute Gasteiger partial charge is 0.289 e. The van der Waals surface area contributed by atoms with Gasteiger partial charge in [-0.15, -0.1) is 11.3 Å². The van der Waals surface area contributed by atoms with E-state index < -0.39 is 0 Å². The van der Waals surface area contributed by atoms with Crippen molar-refractivity contribution in [3.8, 4) is 10.4 Å². The predicted octanol–water partition coefficient (Wildman–Crippen LogP) is 3.43. The van der Waals surface area contributed by atoms with Crippen LogP contribution in [0, 0.1) is 5.92 Å². The zero-order valence-corrected chi connectivity index (χ0v) is 14.9. The predicted molar refractivity (Wildman–Crippen MR) is 99.5 cm³/mol. The van der Waals surface area contributed by atoms with Crippen molar-refractivity contribution in [2.24, 2.45) is 5.92 Å². The molecule has 1 fully saturated rings. The summed E-state index contributed by atoms with van der Waals surface area (Å²) in [4.78, 5) is 28.3. The topological polar surface area (TPSA) is 55.5 Å². The van der Waals surface area contributed by atoms with Gasteiger partial charge in [0.25, 0.3) is 11.5 Å². The van der Waals surface area contributed by atoms with E-state index in [1.807, 2.05) is 21.6 Å². The van der Waals surface area contributed by atoms with Crippen molar-refractivity contribution < 1.29 is 9.21 Å². The van der Waals surface area contributed by atoms with E-state index in [0.717, 1.165) is 17.7 Å². The van der Waals surface area contributed by atoms with E-state index in [0.29, 0.717) is 31.3 Å². The number of fused-ring (bicyclic) bond motifs is 4. The molecule has 0 aromatic carbocycles. The van der Waals surface area contributed by atoms with Gasteiger partial charge in [0.1, 0.15) is 0 Å². The van der Waals surface area contributed by atoms with Crippen molar-refractivity contribution in [3.63, 3.8) is 0 Å². The quantitative estimate of drug-likeness (QED) is 0.698. The molecule has 0 N–H and O–H groups in total. The Morgan fingerprint density at radius 1 is 1.12 bits per heavy atom. The van der Waals surface area contributed by atoms with Crippen molar-refractivity contribution in [2.45, 2.75) is 18.9 Å². The van der Waals surface area contributed by atoms with Crippen molar-refractivity contribution in [2.75, 3.05) is 13.1 Å². The molecule has 2 aliphatic rings. The SMILES string of the molecule is O=C(c1ccco1)N1CC2CC(C1)c1c(-c3cccs3)ccc(=O)n1C2. The second-order valence-electron chi connectivity index (χ2n) is 7.04. The van der Waals surface area contributed by atoms with E-state index in [1.54, 1.807) is 29.5 Å². The number of piperidine rings is 1. The average molecular weight is 366 g/mol. The third kappa shape index (κ3) is 2.44. The molecule has 1 amide bonds. The van der Waals surface area contributed by atoms with Gasteiger partial charge >= 0.3 is 0 Å². The molecule has 0 saturated carbocycles. The summed E-state index contributed by atoms with van der Waals surface area (Å²) in [6.07, 6.45) is 2.55. The first-order valence-corrected chi connectivity index (χ1v) is 9.69. The highest BCUT2D eigenvalue weighted by molar-refractivity contribution is 7.13. The summed E-state index contributed by atoms with van der Waals surface area (Å²) >= 11 is 1.68. The van der Waals surface area contributed by atoms with E-state index in [9.17, 15) is 9.59 Å². The van der Waals surface area contributed by atoms with Gasteiger partial charge in [0.15, 0.2) is 5.76 Å². The lowest BCUT2D eigenvalue weighted by atomic mass is 9.81. The first-order chi connectivity index (χ1) is 12.7. The van der Waals surface area contributed by atoms with Gasteiger partial charge < -0.3 is 13.9 Å². The molecule has 3 aromatic rings. The number of amides is 1. The fourth-order valence-electron chi connectivity index (χ4n) is 4.38. The molecule has 5 nitrogen and oxygen atoms in total. The lowest BCUT2D eigenvalue weighted by Gasteiger charge is -2.43. The summed E-state index contributed by atoms with van der Waals surface area (Å²) in [5.41, 5.74) is 2.25. The Kier molecular flexibility index (Phi) is 3.60. The van der Waals surface area contributed by atoms with E-state index >= 15 is 0 Å². The maximum Gasteiger partial charge on any atom is 0.289 e. The number of likely N-dealkylation sites (tertiary alicyclic amines) is 1. The number of furan rings is 1. The lowest BCUT2D eigenvalue weighted by Crippen LogP contribution is -2.49. The van der Waals surface area contributed by atoms with Gasteiger partial charge in [0.2, 0.25) is 0 Å². The summed E-state index contributed by atoms with van der Waals surface area (Å²) in [6, 6.07) is 11.2. The van der Waals surface area contributed by atoms with Crippen molar-refractivity contribution in [3.05, 3.63) is 69.8 Å². The minimum absolute atomic E-state index is 0.0563. The van der Waals surface area contributed by atoms with Crippen LogP contribution in [0.25, 0.3) is 10.4 Å². The van der Waals surface area contributed by atoms with Crippen LogP contribution in [0.2, 0.25) is 0 Å². The van der Waals surface area contributed by atoms with Crippen LogP contribution in [0.3, 0.4) is 0 Å². The Bertz CT molecular complexity index is 1000. The Labute approximate surface area is 154 Å². The van der Waals surface area contributed by atoms with Crippen LogP contribution < -0.4 is 5.56 Å². The number of carbonyl (C=O) groups is 1. The van der Waals surface area contributed by atoms with Crippen LogP contribution in [0.15, 0.2) is 57.3 Å². The third-order valence-corrected chi connectivity index (χ3v) is 6.30. The lowest BCUT2D eigenvalue weighted by molar-refractivity contribution is 0.0564. The molecule has 26 heavy (non-hydrogen) atoms. The van der Waals surface area contributed by atoms with Gasteiger partial charge in [0.05, 0.1) is 6.26 Å². The third-order valence-electron chi connectivity index (χ3n) is 5.40.